The fraction of sp³-hybridized carbons (Fsp3) is 0.529. The van der Waals surface area contributed by atoms with E-state index in [0.717, 1.165) is 12.6 Å². The molecule has 1 fully saturated rings. The molecule has 0 spiro atoms. The highest BCUT2D eigenvalue weighted by molar-refractivity contribution is 5.90. The van der Waals surface area contributed by atoms with Gasteiger partial charge in [0.2, 0.25) is 5.91 Å². The van der Waals surface area contributed by atoms with Crippen molar-refractivity contribution in [1.29, 1.82) is 0 Å². The molecule has 8 heteroatoms. The summed E-state index contributed by atoms with van der Waals surface area (Å²) in [4.78, 5) is 31.3. The van der Waals surface area contributed by atoms with Gasteiger partial charge in [-0.1, -0.05) is 19.3 Å². The van der Waals surface area contributed by atoms with Gasteiger partial charge in [-0.05, 0) is 31.8 Å². The topological polar surface area (TPSA) is 116 Å². The molecule has 1 heterocycles. The zero-order valence-corrected chi connectivity index (χ0v) is 14.4. The first-order valence-corrected chi connectivity index (χ1v) is 8.57. The molecule has 0 radical (unpaired) electrons. The first-order valence-electron chi connectivity index (χ1n) is 8.57. The summed E-state index contributed by atoms with van der Waals surface area (Å²) >= 11 is 0. The maximum Gasteiger partial charge on any atom is 0.267 e. The highest BCUT2D eigenvalue weighted by Crippen LogP contribution is 2.22. The van der Waals surface area contributed by atoms with Crippen molar-refractivity contribution < 1.29 is 14.8 Å². The predicted octanol–water partition coefficient (Wildman–Crippen LogP) is 1.49. The number of anilines is 1. The van der Waals surface area contributed by atoms with Gasteiger partial charge in [0, 0.05) is 12.6 Å². The van der Waals surface area contributed by atoms with E-state index in [2.05, 4.69) is 20.6 Å². The van der Waals surface area contributed by atoms with Crippen molar-refractivity contribution >= 4 is 23.7 Å². The molecule has 1 aromatic rings. The van der Waals surface area contributed by atoms with Gasteiger partial charge in [-0.3, -0.25) is 19.8 Å². The summed E-state index contributed by atoms with van der Waals surface area (Å²) in [5, 5.41) is 14.4. The molecule has 0 aliphatic heterocycles. The molecule has 1 aliphatic rings. The van der Waals surface area contributed by atoms with E-state index in [-0.39, 0.29) is 5.91 Å². The number of nitrogens with one attached hydrogen (secondary N) is 3. The summed E-state index contributed by atoms with van der Waals surface area (Å²) in [6.07, 6.45) is 11.7. The van der Waals surface area contributed by atoms with Crippen molar-refractivity contribution in [3.8, 4) is 0 Å². The van der Waals surface area contributed by atoms with Gasteiger partial charge >= 0.3 is 0 Å². The van der Waals surface area contributed by atoms with Crippen LogP contribution in [0.25, 0.3) is 6.08 Å². The van der Waals surface area contributed by atoms with Gasteiger partial charge in [0.15, 0.2) is 0 Å². The van der Waals surface area contributed by atoms with Crippen molar-refractivity contribution in [1.82, 2.24) is 20.8 Å². The van der Waals surface area contributed by atoms with Gasteiger partial charge in [-0.25, -0.2) is 10.5 Å². The van der Waals surface area contributed by atoms with Crippen molar-refractivity contribution in [3.05, 3.63) is 24.2 Å². The van der Waals surface area contributed by atoms with E-state index in [1.54, 1.807) is 6.92 Å². The molecule has 1 atom stereocenters. The average Bonchev–Trinajstić information content (AvgIpc) is 2.66. The predicted molar refractivity (Wildman–Crippen MR) is 93.7 cm³/mol. The van der Waals surface area contributed by atoms with Crippen molar-refractivity contribution in [2.45, 2.75) is 45.1 Å². The number of carbonyl (C=O) groups is 2. The van der Waals surface area contributed by atoms with Gasteiger partial charge in [0.1, 0.15) is 11.9 Å². The molecule has 4 N–H and O–H groups in total. The minimum atomic E-state index is -0.646. The Balaban J connectivity index is 1.78. The fourth-order valence-corrected chi connectivity index (χ4v) is 2.77. The van der Waals surface area contributed by atoms with E-state index in [1.807, 2.05) is 0 Å². The molecule has 1 aromatic heterocycles. The van der Waals surface area contributed by atoms with Gasteiger partial charge in [-0.2, -0.15) is 0 Å². The maximum absolute atomic E-state index is 12.2. The summed E-state index contributed by atoms with van der Waals surface area (Å²) < 4.78 is 0. The number of hydrogen-bond acceptors (Lipinski definition) is 6. The summed E-state index contributed by atoms with van der Waals surface area (Å²) in [6.45, 7) is 2.50. The third kappa shape index (κ3) is 6.50. The van der Waals surface area contributed by atoms with Crippen LogP contribution in [0.3, 0.4) is 0 Å². The number of hydroxylamine groups is 1. The molecular formula is C17H25N5O3. The fourth-order valence-electron chi connectivity index (χ4n) is 2.77. The van der Waals surface area contributed by atoms with Crippen LogP contribution in [0.15, 0.2) is 18.5 Å². The first-order chi connectivity index (χ1) is 12.1. The summed E-state index contributed by atoms with van der Waals surface area (Å²) in [5.41, 5.74) is 1.95. The average molecular weight is 347 g/mol. The van der Waals surface area contributed by atoms with Crippen LogP contribution in [0.2, 0.25) is 0 Å². The minimum absolute atomic E-state index is 0.0593. The lowest BCUT2D eigenvalue weighted by Gasteiger charge is -2.23. The highest BCUT2D eigenvalue weighted by atomic mass is 16.5. The third-order valence-corrected chi connectivity index (χ3v) is 4.23. The Morgan fingerprint density at radius 1 is 1.28 bits per heavy atom. The van der Waals surface area contributed by atoms with Crippen molar-refractivity contribution in [3.63, 3.8) is 0 Å². The monoisotopic (exact) mass is 347 g/mol. The second-order valence-electron chi connectivity index (χ2n) is 6.25. The molecule has 25 heavy (non-hydrogen) atoms. The standard InChI is InChI=1S/C17H25N5O3/c1-12(17(24)20-9-13-5-3-2-4-6-13)21-15-11-18-14(10-19-15)7-8-16(23)22-25/h7-8,10-13,25H,2-6,9H2,1H3,(H,19,21)(H,20,24)(H,22,23)/t12-/m0/s1. The zero-order chi connectivity index (χ0) is 18.1. The summed E-state index contributed by atoms with van der Waals surface area (Å²) in [6, 6.07) is -0.417. The Labute approximate surface area is 147 Å². The van der Waals surface area contributed by atoms with E-state index in [9.17, 15) is 9.59 Å². The number of rotatable bonds is 7. The van der Waals surface area contributed by atoms with Gasteiger partial charge in [-0.15, -0.1) is 0 Å². The Morgan fingerprint density at radius 3 is 2.68 bits per heavy atom. The van der Waals surface area contributed by atoms with Crippen LogP contribution in [-0.4, -0.2) is 39.6 Å². The molecule has 0 bridgehead atoms. The van der Waals surface area contributed by atoms with Crippen LogP contribution in [0.1, 0.15) is 44.7 Å². The summed E-state index contributed by atoms with van der Waals surface area (Å²) in [7, 11) is 0. The molecular weight excluding hydrogens is 322 g/mol. The molecule has 8 nitrogen and oxygen atoms in total. The van der Waals surface area contributed by atoms with Gasteiger partial charge < -0.3 is 10.6 Å². The second kappa shape index (κ2) is 9.73. The minimum Gasteiger partial charge on any atom is -0.357 e. The first kappa shape index (κ1) is 18.9. The normalized spacial score (nSPS) is 16.4. The lowest BCUT2D eigenvalue weighted by molar-refractivity contribution is -0.124. The molecule has 136 valence electrons. The molecule has 1 aliphatic carbocycles. The molecule has 1 saturated carbocycles. The quantitative estimate of drug-likeness (QED) is 0.337. The number of amides is 2. The van der Waals surface area contributed by atoms with E-state index in [1.165, 1.54) is 56.1 Å². The van der Waals surface area contributed by atoms with E-state index >= 15 is 0 Å². The van der Waals surface area contributed by atoms with Crippen LogP contribution in [0.5, 0.6) is 0 Å². The Bertz CT molecular complexity index is 597. The second-order valence-corrected chi connectivity index (χ2v) is 6.25. The van der Waals surface area contributed by atoms with Crippen LogP contribution in [0.4, 0.5) is 5.82 Å². The zero-order valence-electron chi connectivity index (χ0n) is 14.4. The maximum atomic E-state index is 12.2. The van der Waals surface area contributed by atoms with Crippen LogP contribution < -0.4 is 16.1 Å². The number of hydrogen-bond donors (Lipinski definition) is 4. The van der Waals surface area contributed by atoms with Crippen LogP contribution in [0, 0.1) is 5.92 Å². The van der Waals surface area contributed by atoms with Crippen LogP contribution in [-0.2, 0) is 9.59 Å². The lowest BCUT2D eigenvalue weighted by Crippen LogP contribution is -2.40. The molecule has 2 rings (SSSR count). The van der Waals surface area contributed by atoms with Crippen molar-refractivity contribution in [2.24, 2.45) is 5.92 Å². The van der Waals surface area contributed by atoms with E-state index < -0.39 is 11.9 Å². The molecule has 2 amide bonds. The van der Waals surface area contributed by atoms with E-state index in [0.29, 0.717) is 17.4 Å². The van der Waals surface area contributed by atoms with Crippen LogP contribution >= 0.6 is 0 Å². The lowest BCUT2D eigenvalue weighted by atomic mass is 9.89. The molecule has 0 unspecified atom stereocenters. The molecule has 0 saturated heterocycles. The molecule has 0 aromatic carbocycles. The largest absolute Gasteiger partial charge is 0.357 e. The Morgan fingerprint density at radius 2 is 2.04 bits per heavy atom. The number of carbonyl (C=O) groups excluding carboxylic acids is 2. The SMILES string of the molecule is C[C@H](Nc1cnc(C=CC(=O)NO)cn1)C(=O)NCC1CCCCC1. The van der Waals surface area contributed by atoms with Gasteiger partial charge in [0.25, 0.3) is 5.91 Å². The summed E-state index contributed by atoms with van der Waals surface area (Å²) in [5.74, 6) is 0.360. The highest BCUT2D eigenvalue weighted by Gasteiger charge is 2.17. The van der Waals surface area contributed by atoms with Crippen molar-refractivity contribution in [2.75, 3.05) is 11.9 Å². The smallest absolute Gasteiger partial charge is 0.267 e. The number of nitrogens with zero attached hydrogens (tertiary/aromatic N) is 2. The van der Waals surface area contributed by atoms with Gasteiger partial charge in [0.05, 0.1) is 18.1 Å². The number of aromatic nitrogens is 2. The van der Waals surface area contributed by atoms with E-state index in [4.69, 9.17) is 5.21 Å². The Hall–Kier alpha value is -2.48. The third-order valence-electron chi connectivity index (χ3n) is 4.23. The Kier molecular flexibility index (Phi) is 7.34.